The van der Waals surface area contributed by atoms with Crippen LogP contribution in [0, 0.1) is 13.8 Å². The molecule has 0 aliphatic rings. The Morgan fingerprint density at radius 1 is 1.00 bits per heavy atom. The van der Waals surface area contributed by atoms with E-state index in [2.05, 4.69) is 10.0 Å². The number of amides is 1. The molecule has 0 saturated heterocycles. The predicted molar refractivity (Wildman–Crippen MR) is 125 cm³/mol. The van der Waals surface area contributed by atoms with Crippen LogP contribution in [0.25, 0.3) is 0 Å². The van der Waals surface area contributed by atoms with Crippen LogP contribution in [-0.2, 0) is 10.0 Å². The number of hydrogen-bond donors (Lipinski definition) is 2. The van der Waals surface area contributed by atoms with Crippen molar-refractivity contribution in [1.82, 2.24) is 5.32 Å². The van der Waals surface area contributed by atoms with Gasteiger partial charge in [0.1, 0.15) is 4.90 Å². The van der Waals surface area contributed by atoms with Gasteiger partial charge in [-0.2, -0.15) is 0 Å². The lowest BCUT2D eigenvalue weighted by Gasteiger charge is -2.15. The van der Waals surface area contributed by atoms with E-state index >= 15 is 0 Å². The molecule has 0 spiro atoms. The van der Waals surface area contributed by atoms with Gasteiger partial charge in [0.2, 0.25) is 0 Å². The van der Waals surface area contributed by atoms with Gasteiger partial charge in [-0.25, -0.2) is 8.42 Å². The molecule has 0 radical (unpaired) electrons. The number of anilines is 1. The maximum absolute atomic E-state index is 13.0. The summed E-state index contributed by atoms with van der Waals surface area (Å²) in [5.41, 5.74) is 3.63. The highest BCUT2D eigenvalue weighted by molar-refractivity contribution is 7.92. The van der Waals surface area contributed by atoms with Crippen LogP contribution < -0.4 is 10.0 Å². The molecule has 0 saturated carbocycles. The molecule has 0 fully saturated rings. The normalized spacial score (nSPS) is 12.3. The zero-order valence-electron chi connectivity index (χ0n) is 17.6. The van der Waals surface area contributed by atoms with E-state index in [4.69, 9.17) is 11.6 Å². The molecule has 7 heteroatoms. The fraction of sp³-hybridized carbons (Fsp3) is 0.208. The molecule has 0 unspecified atom stereocenters. The minimum atomic E-state index is -3.97. The molecule has 0 bridgehead atoms. The van der Waals surface area contributed by atoms with Crippen LogP contribution in [0.5, 0.6) is 0 Å². The highest BCUT2D eigenvalue weighted by atomic mass is 35.5. The number of aryl methyl sites for hydroxylation is 2. The number of hydrogen-bond acceptors (Lipinski definition) is 3. The summed E-state index contributed by atoms with van der Waals surface area (Å²) in [5, 5.41) is 2.91. The number of halogens is 1. The lowest BCUT2D eigenvalue weighted by atomic mass is 10.0. The number of carbonyl (C=O) groups is 1. The van der Waals surface area contributed by atoms with Crippen molar-refractivity contribution < 1.29 is 13.2 Å². The fourth-order valence-corrected chi connectivity index (χ4v) is 4.88. The first-order valence-corrected chi connectivity index (χ1v) is 11.8. The zero-order chi connectivity index (χ0) is 22.6. The predicted octanol–water partition coefficient (Wildman–Crippen LogP) is 5.29. The molecule has 1 atom stereocenters. The van der Waals surface area contributed by atoms with Crippen molar-refractivity contribution in [2.45, 2.75) is 31.6 Å². The standard InChI is InChI=1S/C24H25ClN2O3S/c1-16-9-12-22(17(2)13-16)27-31(29,30)23-14-20(10-11-21(23)25)24(28)26-15-18(3)19-7-5-4-6-8-19/h4-14,18,27H,15H2,1-3H3,(H,26,28)/t18-/m1/s1. The Balaban J connectivity index is 1.78. The van der Waals surface area contributed by atoms with Crippen molar-refractivity contribution in [3.8, 4) is 0 Å². The summed E-state index contributed by atoms with van der Waals surface area (Å²) in [5.74, 6) is -0.241. The minimum Gasteiger partial charge on any atom is -0.351 e. The summed E-state index contributed by atoms with van der Waals surface area (Å²) in [6, 6.07) is 19.5. The minimum absolute atomic E-state index is 0.0477. The largest absolute Gasteiger partial charge is 0.351 e. The lowest BCUT2D eigenvalue weighted by molar-refractivity contribution is 0.0951. The number of sulfonamides is 1. The first-order valence-electron chi connectivity index (χ1n) is 9.90. The van der Waals surface area contributed by atoms with E-state index in [0.717, 1.165) is 16.7 Å². The monoisotopic (exact) mass is 456 g/mol. The van der Waals surface area contributed by atoms with Gasteiger partial charge in [0.25, 0.3) is 15.9 Å². The molecule has 0 aromatic heterocycles. The summed E-state index contributed by atoms with van der Waals surface area (Å²) in [4.78, 5) is 12.5. The van der Waals surface area contributed by atoms with Gasteiger partial charge in [0.05, 0.1) is 10.7 Å². The molecule has 0 aliphatic heterocycles. The van der Waals surface area contributed by atoms with Crippen molar-refractivity contribution in [1.29, 1.82) is 0 Å². The number of rotatable bonds is 7. The van der Waals surface area contributed by atoms with Crippen LogP contribution >= 0.6 is 11.6 Å². The van der Waals surface area contributed by atoms with Gasteiger partial charge >= 0.3 is 0 Å². The van der Waals surface area contributed by atoms with Crippen molar-refractivity contribution in [2.75, 3.05) is 11.3 Å². The van der Waals surface area contributed by atoms with E-state index in [9.17, 15) is 13.2 Å². The average Bonchev–Trinajstić information content (AvgIpc) is 2.74. The molecule has 5 nitrogen and oxygen atoms in total. The lowest BCUT2D eigenvalue weighted by Crippen LogP contribution is -2.27. The summed E-state index contributed by atoms with van der Waals surface area (Å²) in [7, 11) is -3.97. The number of carbonyl (C=O) groups excluding carboxylic acids is 1. The SMILES string of the molecule is Cc1ccc(NS(=O)(=O)c2cc(C(=O)NC[C@@H](C)c3ccccc3)ccc2Cl)c(C)c1. The second-order valence-electron chi connectivity index (χ2n) is 7.59. The first-order chi connectivity index (χ1) is 14.7. The Bertz CT molecular complexity index is 1190. The van der Waals surface area contributed by atoms with Gasteiger partial charge in [0.15, 0.2) is 0 Å². The number of nitrogens with one attached hydrogen (secondary N) is 2. The second kappa shape index (κ2) is 9.54. The Hall–Kier alpha value is -2.83. The highest BCUT2D eigenvalue weighted by Crippen LogP contribution is 2.27. The van der Waals surface area contributed by atoms with E-state index in [1.165, 1.54) is 18.2 Å². The van der Waals surface area contributed by atoms with Crippen molar-refractivity contribution in [2.24, 2.45) is 0 Å². The molecular formula is C24H25ClN2O3S. The quantitative estimate of drug-likeness (QED) is 0.507. The molecule has 31 heavy (non-hydrogen) atoms. The summed E-state index contributed by atoms with van der Waals surface area (Å²) in [6.45, 7) is 6.20. The Labute approximate surface area is 188 Å². The van der Waals surface area contributed by atoms with Gasteiger partial charge in [-0.05, 0) is 55.2 Å². The number of benzene rings is 3. The van der Waals surface area contributed by atoms with E-state index in [-0.39, 0.29) is 27.3 Å². The third-order valence-corrected chi connectivity index (χ3v) is 6.89. The Kier molecular flexibility index (Phi) is 7.03. The summed E-state index contributed by atoms with van der Waals surface area (Å²) in [6.07, 6.45) is 0. The molecule has 3 aromatic carbocycles. The molecule has 0 aliphatic carbocycles. The first kappa shape index (κ1) is 22.8. The summed E-state index contributed by atoms with van der Waals surface area (Å²) < 4.78 is 28.5. The van der Waals surface area contributed by atoms with Crippen molar-refractivity contribution in [3.05, 3.63) is 94.0 Å². The molecule has 3 aromatic rings. The molecule has 2 N–H and O–H groups in total. The zero-order valence-corrected chi connectivity index (χ0v) is 19.2. The molecule has 0 heterocycles. The molecule has 1 amide bonds. The maximum Gasteiger partial charge on any atom is 0.263 e. The Morgan fingerprint density at radius 2 is 1.71 bits per heavy atom. The van der Waals surface area contributed by atoms with Gasteiger partial charge in [-0.3, -0.25) is 9.52 Å². The van der Waals surface area contributed by atoms with E-state index < -0.39 is 10.0 Å². The van der Waals surface area contributed by atoms with Crippen molar-refractivity contribution >= 4 is 33.2 Å². The van der Waals surface area contributed by atoms with Gasteiger partial charge in [-0.15, -0.1) is 0 Å². The fourth-order valence-electron chi connectivity index (χ4n) is 3.23. The van der Waals surface area contributed by atoms with Crippen LogP contribution in [0.2, 0.25) is 5.02 Å². The average molecular weight is 457 g/mol. The van der Waals surface area contributed by atoms with Crippen LogP contribution in [0.15, 0.2) is 71.6 Å². The Morgan fingerprint density at radius 3 is 2.39 bits per heavy atom. The van der Waals surface area contributed by atoms with Gasteiger partial charge in [0, 0.05) is 12.1 Å². The third kappa shape index (κ3) is 5.66. The van der Waals surface area contributed by atoms with Crippen molar-refractivity contribution in [3.63, 3.8) is 0 Å². The topological polar surface area (TPSA) is 75.3 Å². The third-order valence-electron chi connectivity index (χ3n) is 5.05. The van der Waals surface area contributed by atoms with Crippen LogP contribution in [0.1, 0.15) is 39.9 Å². The smallest absolute Gasteiger partial charge is 0.263 e. The maximum atomic E-state index is 13.0. The van der Waals surface area contributed by atoms with Crippen LogP contribution in [-0.4, -0.2) is 20.9 Å². The molecular weight excluding hydrogens is 432 g/mol. The highest BCUT2D eigenvalue weighted by Gasteiger charge is 2.21. The van der Waals surface area contributed by atoms with Gasteiger partial charge < -0.3 is 5.32 Å². The van der Waals surface area contributed by atoms with E-state index in [1.54, 1.807) is 6.07 Å². The van der Waals surface area contributed by atoms with E-state index in [1.807, 2.05) is 63.2 Å². The van der Waals surface area contributed by atoms with Crippen LogP contribution in [0.4, 0.5) is 5.69 Å². The van der Waals surface area contributed by atoms with E-state index in [0.29, 0.717) is 12.2 Å². The summed E-state index contributed by atoms with van der Waals surface area (Å²) >= 11 is 6.17. The second-order valence-corrected chi connectivity index (χ2v) is 9.65. The van der Waals surface area contributed by atoms with Gasteiger partial charge in [-0.1, -0.05) is 66.6 Å². The molecule has 162 valence electrons. The van der Waals surface area contributed by atoms with Crippen LogP contribution in [0.3, 0.4) is 0 Å². The molecule has 3 rings (SSSR count).